The first-order valence-corrected chi connectivity index (χ1v) is 7.97. The van der Waals surface area contributed by atoms with Crippen molar-refractivity contribution in [1.29, 1.82) is 0 Å². The number of aliphatic hydroxyl groups is 1. The molecule has 112 valence electrons. The number of rotatable bonds is 7. The largest absolute Gasteiger partial charge is 0.395 e. The van der Waals surface area contributed by atoms with Gasteiger partial charge in [0, 0.05) is 24.3 Å². The summed E-state index contributed by atoms with van der Waals surface area (Å²) in [5.41, 5.74) is 2.64. The first-order valence-electron chi connectivity index (χ1n) is 7.97. The molecule has 0 spiro atoms. The number of nitrogens with one attached hydrogen (secondary N) is 1. The Kier molecular flexibility index (Phi) is 5.86. The molecule has 0 radical (unpaired) electrons. The van der Waals surface area contributed by atoms with Gasteiger partial charge in [-0.3, -0.25) is 0 Å². The number of benzene rings is 1. The molecule has 3 heteroatoms. The number of hydrogen-bond acceptors (Lipinski definition) is 3. The van der Waals surface area contributed by atoms with E-state index in [1.54, 1.807) is 0 Å². The van der Waals surface area contributed by atoms with Crippen LogP contribution in [0.2, 0.25) is 0 Å². The number of nitrogens with zero attached hydrogens (tertiary/aromatic N) is 1. The van der Waals surface area contributed by atoms with Gasteiger partial charge in [-0.25, -0.2) is 0 Å². The van der Waals surface area contributed by atoms with E-state index < -0.39 is 0 Å². The van der Waals surface area contributed by atoms with E-state index in [4.69, 9.17) is 0 Å². The van der Waals surface area contributed by atoms with Gasteiger partial charge in [-0.1, -0.05) is 38.0 Å². The second-order valence-electron chi connectivity index (χ2n) is 5.69. The highest BCUT2D eigenvalue weighted by Crippen LogP contribution is 2.32. The lowest BCUT2D eigenvalue weighted by Crippen LogP contribution is -2.37. The van der Waals surface area contributed by atoms with Crippen LogP contribution in [-0.4, -0.2) is 30.8 Å². The van der Waals surface area contributed by atoms with E-state index in [0.717, 1.165) is 13.1 Å². The first kappa shape index (κ1) is 15.3. The fraction of sp³-hybridized carbons (Fsp3) is 0.647. The van der Waals surface area contributed by atoms with Gasteiger partial charge in [0.25, 0.3) is 0 Å². The predicted molar refractivity (Wildman–Crippen MR) is 85.2 cm³/mol. The summed E-state index contributed by atoms with van der Waals surface area (Å²) in [6, 6.07) is 9.57. The lowest BCUT2D eigenvalue weighted by Gasteiger charge is -2.33. The molecule has 1 atom stereocenters. The van der Waals surface area contributed by atoms with Crippen LogP contribution in [0.25, 0.3) is 0 Å². The maximum absolute atomic E-state index is 9.43. The maximum Gasteiger partial charge on any atom is 0.0606 e. The molecule has 2 N–H and O–H groups in total. The Labute approximate surface area is 123 Å². The second kappa shape index (κ2) is 7.65. The summed E-state index contributed by atoms with van der Waals surface area (Å²) in [6.45, 7) is 6.29. The van der Waals surface area contributed by atoms with Crippen LogP contribution in [0.3, 0.4) is 0 Å². The number of aliphatic hydroxyl groups excluding tert-OH is 1. The van der Waals surface area contributed by atoms with Gasteiger partial charge in [-0.2, -0.15) is 0 Å². The fourth-order valence-corrected chi connectivity index (χ4v) is 3.35. The molecule has 1 fully saturated rings. The molecule has 20 heavy (non-hydrogen) atoms. The highest BCUT2D eigenvalue weighted by Gasteiger charge is 2.24. The minimum Gasteiger partial charge on any atom is -0.395 e. The van der Waals surface area contributed by atoms with E-state index in [2.05, 4.69) is 48.3 Å². The Morgan fingerprint density at radius 2 is 2.00 bits per heavy atom. The fourth-order valence-electron chi connectivity index (χ4n) is 3.35. The van der Waals surface area contributed by atoms with Gasteiger partial charge in [-0.15, -0.1) is 0 Å². The van der Waals surface area contributed by atoms with Gasteiger partial charge < -0.3 is 15.3 Å². The molecule has 0 aromatic heterocycles. The van der Waals surface area contributed by atoms with Crippen molar-refractivity contribution in [3.8, 4) is 0 Å². The van der Waals surface area contributed by atoms with Crippen molar-refractivity contribution in [3.63, 3.8) is 0 Å². The van der Waals surface area contributed by atoms with Gasteiger partial charge in [-0.05, 0) is 37.9 Å². The van der Waals surface area contributed by atoms with E-state index in [9.17, 15) is 5.11 Å². The van der Waals surface area contributed by atoms with E-state index >= 15 is 0 Å². The van der Waals surface area contributed by atoms with Crippen LogP contribution in [0, 0.1) is 0 Å². The molecule has 1 aliphatic carbocycles. The summed E-state index contributed by atoms with van der Waals surface area (Å²) in [4.78, 5) is 2.43. The van der Waals surface area contributed by atoms with Gasteiger partial charge >= 0.3 is 0 Å². The van der Waals surface area contributed by atoms with Crippen LogP contribution < -0.4 is 10.2 Å². The molecule has 0 bridgehead atoms. The summed E-state index contributed by atoms with van der Waals surface area (Å²) in [7, 11) is 0. The zero-order valence-electron chi connectivity index (χ0n) is 12.8. The van der Waals surface area contributed by atoms with Crippen LogP contribution in [0.5, 0.6) is 0 Å². The highest BCUT2D eigenvalue weighted by molar-refractivity contribution is 5.56. The minimum absolute atomic E-state index is 0.223. The third-order valence-corrected chi connectivity index (χ3v) is 4.33. The molecule has 3 nitrogen and oxygen atoms in total. The Bertz CT molecular complexity index is 402. The average Bonchev–Trinajstić information content (AvgIpc) is 2.99. The molecule has 1 unspecified atom stereocenters. The zero-order chi connectivity index (χ0) is 14.4. The summed E-state index contributed by atoms with van der Waals surface area (Å²) in [5.74, 6) is 0. The molecule has 0 heterocycles. The molecule has 1 aliphatic rings. The SMILES string of the molecule is CCNC(C)c1ccccc1N(CCO)C1CCCC1. The molecule has 1 aromatic rings. The van der Waals surface area contributed by atoms with Crippen molar-refractivity contribution in [2.75, 3.05) is 24.6 Å². The summed E-state index contributed by atoms with van der Waals surface area (Å²) in [5, 5.41) is 12.9. The van der Waals surface area contributed by atoms with Gasteiger partial charge in [0.15, 0.2) is 0 Å². The second-order valence-corrected chi connectivity index (χ2v) is 5.69. The van der Waals surface area contributed by atoms with E-state index in [1.807, 2.05) is 0 Å². The quantitative estimate of drug-likeness (QED) is 0.803. The Morgan fingerprint density at radius 3 is 2.65 bits per heavy atom. The van der Waals surface area contributed by atoms with Crippen molar-refractivity contribution in [1.82, 2.24) is 5.32 Å². The number of hydrogen-bond donors (Lipinski definition) is 2. The first-order chi connectivity index (χ1) is 9.77. The van der Waals surface area contributed by atoms with Crippen molar-refractivity contribution < 1.29 is 5.11 Å². The van der Waals surface area contributed by atoms with E-state index in [0.29, 0.717) is 12.1 Å². The minimum atomic E-state index is 0.223. The van der Waals surface area contributed by atoms with Crippen LogP contribution in [0.1, 0.15) is 51.1 Å². The van der Waals surface area contributed by atoms with Crippen molar-refractivity contribution in [2.24, 2.45) is 0 Å². The standard InChI is InChI=1S/C17H28N2O/c1-3-18-14(2)16-10-6-7-11-17(16)19(12-13-20)15-8-4-5-9-15/h6-7,10-11,14-15,18,20H,3-5,8-9,12-13H2,1-2H3. The Morgan fingerprint density at radius 1 is 1.30 bits per heavy atom. The molecular formula is C17H28N2O. The third-order valence-electron chi connectivity index (χ3n) is 4.33. The summed E-state index contributed by atoms with van der Waals surface area (Å²) in [6.07, 6.45) is 5.14. The van der Waals surface area contributed by atoms with Crippen LogP contribution in [-0.2, 0) is 0 Å². The van der Waals surface area contributed by atoms with Crippen molar-refractivity contribution in [3.05, 3.63) is 29.8 Å². The van der Waals surface area contributed by atoms with E-state index in [-0.39, 0.29) is 6.61 Å². The number of para-hydroxylation sites is 1. The number of anilines is 1. The normalized spacial score (nSPS) is 17.4. The highest BCUT2D eigenvalue weighted by atomic mass is 16.3. The molecule has 0 aliphatic heterocycles. The zero-order valence-corrected chi connectivity index (χ0v) is 12.8. The molecular weight excluding hydrogens is 248 g/mol. The monoisotopic (exact) mass is 276 g/mol. The van der Waals surface area contributed by atoms with Crippen molar-refractivity contribution >= 4 is 5.69 Å². The van der Waals surface area contributed by atoms with Crippen molar-refractivity contribution in [2.45, 2.75) is 51.6 Å². The smallest absolute Gasteiger partial charge is 0.0606 e. The van der Waals surface area contributed by atoms with Crippen LogP contribution in [0.4, 0.5) is 5.69 Å². The Balaban J connectivity index is 2.27. The molecule has 0 amide bonds. The molecule has 1 aromatic carbocycles. The van der Waals surface area contributed by atoms with Crippen LogP contribution in [0.15, 0.2) is 24.3 Å². The van der Waals surface area contributed by atoms with Gasteiger partial charge in [0.1, 0.15) is 0 Å². The summed E-state index contributed by atoms with van der Waals surface area (Å²) >= 11 is 0. The third kappa shape index (κ3) is 3.53. The maximum atomic E-state index is 9.43. The summed E-state index contributed by atoms with van der Waals surface area (Å²) < 4.78 is 0. The lowest BCUT2D eigenvalue weighted by atomic mass is 10.0. The van der Waals surface area contributed by atoms with Gasteiger partial charge in [0.2, 0.25) is 0 Å². The Hall–Kier alpha value is -1.06. The van der Waals surface area contributed by atoms with E-state index in [1.165, 1.54) is 36.9 Å². The molecule has 1 saturated carbocycles. The molecule has 2 rings (SSSR count). The van der Waals surface area contributed by atoms with Gasteiger partial charge in [0.05, 0.1) is 6.61 Å². The predicted octanol–water partition coefficient (Wildman–Crippen LogP) is 3.10. The topological polar surface area (TPSA) is 35.5 Å². The molecule has 0 saturated heterocycles. The average molecular weight is 276 g/mol. The van der Waals surface area contributed by atoms with Crippen LogP contribution >= 0.6 is 0 Å². The lowest BCUT2D eigenvalue weighted by molar-refractivity contribution is 0.297.